The highest BCUT2D eigenvalue weighted by Gasteiger charge is 2.45. The number of fused-ring (bicyclic) bond motifs is 1. The Kier molecular flexibility index (Phi) is 15.5. The molecule has 0 aliphatic carbocycles. The number of hydrogen-bond acceptors (Lipinski definition) is 9. The van der Waals surface area contributed by atoms with Crippen LogP contribution in [0.15, 0.2) is 54.6 Å². The van der Waals surface area contributed by atoms with E-state index in [4.69, 9.17) is 0 Å². The summed E-state index contributed by atoms with van der Waals surface area (Å²) in [5, 5.41) is 32.5. The molecule has 2 aliphatic rings. The monoisotopic (exact) mass is 805 g/mol. The van der Waals surface area contributed by atoms with Crippen molar-refractivity contribution in [3.05, 3.63) is 65.7 Å². The lowest BCUT2D eigenvalue weighted by atomic mass is 9.97. The molecule has 0 aromatic heterocycles. The van der Waals surface area contributed by atoms with E-state index in [9.17, 15) is 39.0 Å². The van der Waals surface area contributed by atoms with E-state index in [0.717, 1.165) is 5.56 Å². The van der Waals surface area contributed by atoms with Gasteiger partial charge < -0.3 is 41.3 Å². The number of carbonyl (C=O) groups is 6. The van der Waals surface area contributed by atoms with E-state index in [1.54, 1.807) is 24.0 Å². The fourth-order valence-corrected chi connectivity index (χ4v) is 7.79. The third kappa shape index (κ3) is 11.8. The first-order valence-electron chi connectivity index (χ1n) is 20.2. The number of aliphatic hydroxyl groups excluding tert-OH is 1. The molecule has 2 aliphatic heterocycles. The SMILES string of the molecule is CC(C)C[C@@H]1C(=O)N[C@H](Cc2ccc(O)cc2)C(=O)N(C)[C@@H](Cc2ccccc2)C(=O)N[C@@H](C)[C@@H](C(=O)NC(C)(C)C)N2CCC[C@H]2C(=O)N[C@@H]([C@@H](C)O)C(=O)N1C. The standard InChI is InChI=1S/C43H63N7O8/c1-25(2)22-33-39(55)45-31(23-29-17-19-30(52)20-18-29)41(57)48(8)34(24-28-14-11-10-12-15-28)38(54)44-26(3)36(40(56)47-43(5,6)7)50-21-13-16-32(50)37(53)46-35(27(4)51)42(58)49(33)9/h10-12,14-15,17-20,25-27,31-36,51-52H,13,16,21-24H2,1-9H3,(H,44,54)(H,45,55)(H,46,53)(H,47,56)/t26-,27+,31+,32-,33+,34-,35-,36-/m0/s1. The Bertz CT molecular complexity index is 1760. The van der Waals surface area contributed by atoms with Crippen LogP contribution in [0.2, 0.25) is 0 Å². The van der Waals surface area contributed by atoms with Crippen molar-refractivity contribution >= 4 is 35.4 Å². The van der Waals surface area contributed by atoms with Gasteiger partial charge in [0.05, 0.1) is 18.2 Å². The number of aliphatic hydroxyl groups is 1. The molecule has 6 amide bonds. The van der Waals surface area contributed by atoms with Crippen molar-refractivity contribution in [2.45, 2.75) is 135 Å². The minimum atomic E-state index is -1.44. The Hall–Kier alpha value is -5.02. The van der Waals surface area contributed by atoms with Gasteiger partial charge >= 0.3 is 0 Å². The predicted molar refractivity (Wildman–Crippen MR) is 219 cm³/mol. The summed E-state index contributed by atoms with van der Waals surface area (Å²) in [4.78, 5) is 90.6. The third-order valence-electron chi connectivity index (χ3n) is 10.8. The number of phenols is 1. The molecule has 58 heavy (non-hydrogen) atoms. The zero-order valence-electron chi connectivity index (χ0n) is 35.3. The molecule has 2 heterocycles. The third-order valence-corrected chi connectivity index (χ3v) is 10.8. The van der Waals surface area contributed by atoms with Crippen molar-refractivity contribution in [1.29, 1.82) is 0 Å². The van der Waals surface area contributed by atoms with Gasteiger partial charge in [0.25, 0.3) is 0 Å². The summed E-state index contributed by atoms with van der Waals surface area (Å²) < 4.78 is 0. The van der Waals surface area contributed by atoms with Gasteiger partial charge in [0.2, 0.25) is 35.4 Å². The minimum Gasteiger partial charge on any atom is -0.508 e. The molecule has 6 N–H and O–H groups in total. The second kappa shape index (κ2) is 19.6. The topological polar surface area (TPSA) is 201 Å². The van der Waals surface area contributed by atoms with Crippen LogP contribution in [0.5, 0.6) is 5.75 Å². The van der Waals surface area contributed by atoms with E-state index in [1.807, 2.05) is 65.0 Å². The number of amides is 6. The number of rotatable bonds is 8. The maximum absolute atomic E-state index is 14.8. The zero-order valence-corrected chi connectivity index (χ0v) is 35.3. The predicted octanol–water partition coefficient (Wildman–Crippen LogP) is 1.49. The van der Waals surface area contributed by atoms with Crippen LogP contribution in [0.4, 0.5) is 0 Å². The van der Waals surface area contributed by atoms with Crippen molar-refractivity contribution < 1.29 is 39.0 Å². The minimum absolute atomic E-state index is 0.0151. The average molecular weight is 806 g/mol. The summed E-state index contributed by atoms with van der Waals surface area (Å²) in [6, 6.07) is 7.64. The molecule has 0 spiro atoms. The molecule has 2 fully saturated rings. The van der Waals surface area contributed by atoms with Crippen molar-refractivity contribution in [3.8, 4) is 5.75 Å². The van der Waals surface area contributed by atoms with Crippen LogP contribution in [0, 0.1) is 5.92 Å². The highest BCUT2D eigenvalue weighted by molar-refractivity contribution is 5.97. The molecule has 2 aromatic rings. The molecule has 0 unspecified atom stereocenters. The quantitative estimate of drug-likeness (QED) is 0.229. The zero-order chi connectivity index (χ0) is 43.1. The average Bonchev–Trinajstić information content (AvgIpc) is 3.62. The summed E-state index contributed by atoms with van der Waals surface area (Å²) in [6.45, 7) is 12.6. The molecule has 15 nitrogen and oxygen atoms in total. The van der Waals surface area contributed by atoms with Gasteiger partial charge in [-0.1, -0.05) is 56.3 Å². The van der Waals surface area contributed by atoms with E-state index < -0.39 is 89.4 Å². The number of aromatic hydroxyl groups is 1. The first-order chi connectivity index (χ1) is 27.2. The van der Waals surface area contributed by atoms with Crippen LogP contribution in [0.25, 0.3) is 0 Å². The largest absolute Gasteiger partial charge is 0.508 e. The number of hydrogen-bond donors (Lipinski definition) is 6. The fourth-order valence-electron chi connectivity index (χ4n) is 7.79. The Morgan fingerprint density at radius 2 is 1.40 bits per heavy atom. The summed E-state index contributed by atoms with van der Waals surface area (Å²) >= 11 is 0. The van der Waals surface area contributed by atoms with Crippen LogP contribution in [0.1, 0.15) is 78.9 Å². The summed E-state index contributed by atoms with van der Waals surface area (Å²) in [6.07, 6.45) is -0.213. The molecule has 318 valence electrons. The maximum atomic E-state index is 14.8. The van der Waals surface area contributed by atoms with Gasteiger partial charge in [-0.2, -0.15) is 0 Å². The van der Waals surface area contributed by atoms with Gasteiger partial charge in [-0.3, -0.25) is 33.7 Å². The van der Waals surface area contributed by atoms with Crippen molar-refractivity contribution in [2.24, 2.45) is 5.92 Å². The molecule has 0 bridgehead atoms. The van der Waals surface area contributed by atoms with Crippen molar-refractivity contribution in [1.82, 2.24) is 36.0 Å². The van der Waals surface area contributed by atoms with E-state index >= 15 is 0 Å². The Morgan fingerprint density at radius 3 is 1.98 bits per heavy atom. The molecule has 8 atom stereocenters. The number of nitrogens with zero attached hydrogens (tertiary/aromatic N) is 3. The van der Waals surface area contributed by atoms with Gasteiger partial charge in [0, 0.05) is 32.5 Å². The summed E-state index contributed by atoms with van der Waals surface area (Å²) in [5.41, 5.74) is 0.712. The normalized spacial score (nSPS) is 26.6. The lowest BCUT2D eigenvalue weighted by Gasteiger charge is -2.39. The molecule has 0 saturated carbocycles. The first kappa shape index (κ1) is 45.7. The molecule has 15 heteroatoms. The molecule has 0 radical (unpaired) electrons. The highest BCUT2D eigenvalue weighted by atomic mass is 16.3. The van der Waals surface area contributed by atoms with Crippen LogP contribution in [0.3, 0.4) is 0 Å². The van der Waals surface area contributed by atoms with Gasteiger partial charge in [0.1, 0.15) is 36.0 Å². The molecular weight excluding hydrogens is 743 g/mol. The first-order valence-corrected chi connectivity index (χ1v) is 20.2. The summed E-state index contributed by atoms with van der Waals surface area (Å²) in [5.74, 6) is -3.56. The van der Waals surface area contributed by atoms with Crippen molar-refractivity contribution in [3.63, 3.8) is 0 Å². The number of nitrogens with one attached hydrogen (secondary N) is 4. The van der Waals surface area contributed by atoms with Crippen LogP contribution < -0.4 is 21.3 Å². The van der Waals surface area contributed by atoms with E-state index in [-0.39, 0.29) is 30.9 Å². The Balaban J connectivity index is 1.89. The summed E-state index contributed by atoms with van der Waals surface area (Å²) in [7, 11) is 2.92. The van der Waals surface area contributed by atoms with E-state index in [1.165, 1.54) is 43.0 Å². The maximum Gasteiger partial charge on any atom is 0.248 e. The highest BCUT2D eigenvalue weighted by Crippen LogP contribution is 2.25. The van der Waals surface area contributed by atoms with E-state index in [2.05, 4.69) is 21.3 Å². The molecule has 2 aromatic carbocycles. The number of benzene rings is 2. The van der Waals surface area contributed by atoms with Crippen molar-refractivity contribution in [2.75, 3.05) is 20.6 Å². The number of likely N-dealkylation sites (N-methyl/N-ethyl adjacent to an activating group) is 2. The van der Waals surface area contributed by atoms with Gasteiger partial charge in [-0.25, -0.2) is 0 Å². The second-order valence-corrected chi connectivity index (χ2v) is 17.3. The lowest BCUT2D eigenvalue weighted by Crippen LogP contribution is -2.66. The fraction of sp³-hybridized carbons (Fsp3) is 0.581. The van der Waals surface area contributed by atoms with Crippen LogP contribution >= 0.6 is 0 Å². The smallest absolute Gasteiger partial charge is 0.248 e. The van der Waals surface area contributed by atoms with Gasteiger partial charge in [-0.15, -0.1) is 0 Å². The van der Waals surface area contributed by atoms with Crippen LogP contribution in [-0.4, -0.2) is 135 Å². The number of phenolic OH excluding ortho intramolecular Hbond substituents is 1. The Morgan fingerprint density at radius 1 is 0.810 bits per heavy atom. The second-order valence-electron chi connectivity index (χ2n) is 17.3. The molecule has 4 rings (SSSR count). The molecular formula is C43H63N7O8. The van der Waals surface area contributed by atoms with Crippen LogP contribution in [-0.2, 0) is 41.6 Å². The van der Waals surface area contributed by atoms with E-state index in [0.29, 0.717) is 24.9 Å². The number of carbonyl (C=O) groups excluding carboxylic acids is 6. The van der Waals surface area contributed by atoms with Gasteiger partial charge in [0.15, 0.2) is 0 Å². The molecule has 2 saturated heterocycles. The van der Waals surface area contributed by atoms with Gasteiger partial charge in [-0.05, 0) is 89.6 Å². The lowest BCUT2D eigenvalue weighted by molar-refractivity contribution is -0.147. The Labute approximate surface area is 342 Å².